The van der Waals surface area contributed by atoms with Gasteiger partial charge in [0.25, 0.3) is 0 Å². The Morgan fingerprint density at radius 1 is 1.29 bits per heavy atom. The number of aryl methyl sites for hydroxylation is 1. The van der Waals surface area contributed by atoms with Gasteiger partial charge in [0, 0.05) is 41.1 Å². The van der Waals surface area contributed by atoms with Crippen LogP contribution in [0.4, 0.5) is 0 Å². The zero-order valence-electron chi connectivity index (χ0n) is 13.0. The number of furan rings is 1. The third-order valence-corrected chi connectivity index (χ3v) is 5.49. The molecule has 0 radical (unpaired) electrons. The number of fused-ring (bicyclic) bond motifs is 1. The second-order valence-corrected chi connectivity index (χ2v) is 7.91. The Balaban J connectivity index is 2.00. The van der Waals surface area contributed by atoms with Crippen molar-refractivity contribution in [2.75, 3.05) is 19.6 Å². The van der Waals surface area contributed by atoms with Gasteiger partial charge in [-0.15, -0.1) is 0 Å². The molecule has 4 heteroatoms. The fraction of sp³-hybridized carbons (Fsp3) is 0.529. The lowest BCUT2D eigenvalue weighted by Gasteiger charge is -2.39. The molecule has 21 heavy (non-hydrogen) atoms. The Bertz CT molecular complexity index is 614. The predicted molar refractivity (Wildman–Crippen MR) is 90.8 cm³/mol. The maximum atomic E-state index is 6.16. The first-order valence-corrected chi connectivity index (χ1v) is 8.62. The summed E-state index contributed by atoms with van der Waals surface area (Å²) in [5.74, 6) is 1.00. The van der Waals surface area contributed by atoms with Crippen molar-refractivity contribution in [2.24, 2.45) is 5.73 Å². The molecule has 1 aromatic carbocycles. The molecule has 2 aromatic rings. The number of benzene rings is 1. The van der Waals surface area contributed by atoms with E-state index in [4.69, 9.17) is 10.2 Å². The average molecular weight is 304 g/mol. The van der Waals surface area contributed by atoms with Gasteiger partial charge in [-0.1, -0.05) is 32.0 Å². The van der Waals surface area contributed by atoms with Crippen LogP contribution in [0.3, 0.4) is 0 Å². The van der Waals surface area contributed by atoms with E-state index in [1.165, 1.54) is 10.9 Å². The molecule has 114 valence electrons. The molecule has 0 amide bonds. The molecule has 0 aliphatic carbocycles. The number of thioether (sulfide) groups is 1. The number of nitrogens with zero attached hydrogens (tertiary/aromatic N) is 1. The van der Waals surface area contributed by atoms with Crippen molar-refractivity contribution >= 4 is 22.7 Å². The van der Waals surface area contributed by atoms with Gasteiger partial charge in [-0.2, -0.15) is 11.8 Å². The van der Waals surface area contributed by atoms with E-state index in [0.29, 0.717) is 17.0 Å². The highest BCUT2D eigenvalue weighted by Gasteiger charge is 2.30. The normalized spacial score (nSPS) is 25.3. The summed E-state index contributed by atoms with van der Waals surface area (Å²) in [5, 5.41) is 2.52. The maximum absolute atomic E-state index is 6.16. The first-order valence-electron chi connectivity index (χ1n) is 7.67. The van der Waals surface area contributed by atoms with E-state index < -0.39 is 0 Å². The van der Waals surface area contributed by atoms with Gasteiger partial charge in [-0.05, 0) is 13.0 Å². The van der Waals surface area contributed by atoms with Crippen LogP contribution in [0, 0.1) is 6.92 Å². The molecular formula is C17H24N2OS. The monoisotopic (exact) mass is 304 g/mol. The Morgan fingerprint density at radius 3 is 2.62 bits per heavy atom. The number of nitrogens with two attached hydrogens (primary N) is 1. The fourth-order valence-electron chi connectivity index (χ4n) is 3.52. The number of hydrogen-bond donors (Lipinski definition) is 1. The van der Waals surface area contributed by atoms with E-state index in [1.54, 1.807) is 0 Å². The molecule has 0 bridgehead atoms. The summed E-state index contributed by atoms with van der Waals surface area (Å²) in [6.45, 7) is 9.49. The summed E-state index contributed by atoms with van der Waals surface area (Å²) in [7, 11) is 0. The Kier molecular flexibility index (Phi) is 4.29. The maximum Gasteiger partial charge on any atom is 0.134 e. The molecule has 2 N–H and O–H groups in total. The van der Waals surface area contributed by atoms with Crippen molar-refractivity contribution in [3.63, 3.8) is 0 Å². The van der Waals surface area contributed by atoms with Gasteiger partial charge in [0.15, 0.2) is 0 Å². The average Bonchev–Trinajstić information content (AvgIpc) is 2.76. The molecule has 1 aliphatic heterocycles. The molecule has 1 fully saturated rings. The highest BCUT2D eigenvalue weighted by Crippen LogP contribution is 2.36. The predicted octanol–water partition coefficient (Wildman–Crippen LogP) is 3.57. The zero-order valence-corrected chi connectivity index (χ0v) is 13.8. The number of hydrogen-bond acceptors (Lipinski definition) is 4. The summed E-state index contributed by atoms with van der Waals surface area (Å²) in [6, 6.07) is 8.53. The minimum atomic E-state index is 0.249. The summed E-state index contributed by atoms with van der Waals surface area (Å²) >= 11 is 2.07. The smallest absolute Gasteiger partial charge is 0.134 e. The fourth-order valence-corrected chi connectivity index (χ4v) is 4.87. The van der Waals surface area contributed by atoms with Gasteiger partial charge >= 0.3 is 0 Å². The first kappa shape index (κ1) is 14.9. The molecule has 2 heterocycles. The highest BCUT2D eigenvalue weighted by molar-refractivity contribution is 8.00. The second-order valence-electron chi connectivity index (χ2n) is 6.03. The van der Waals surface area contributed by atoms with E-state index in [2.05, 4.69) is 49.6 Å². The van der Waals surface area contributed by atoms with Crippen molar-refractivity contribution in [1.82, 2.24) is 4.90 Å². The minimum Gasteiger partial charge on any atom is -0.461 e. The van der Waals surface area contributed by atoms with Crippen LogP contribution in [0.2, 0.25) is 0 Å². The summed E-state index contributed by atoms with van der Waals surface area (Å²) in [5.41, 5.74) is 8.40. The number of rotatable bonds is 3. The van der Waals surface area contributed by atoms with E-state index >= 15 is 0 Å². The zero-order chi connectivity index (χ0) is 15.0. The van der Waals surface area contributed by atoms with Gasteiger partial charge in [0.1, 0.15) is 11.3 Å². The van der Waals surface area contributed by atoms with Crippen LogP contribution in [0.15, 0.2) is 28.7 Å². The molecule has 3 rings (SSSR count). The van der Waals surface area contributed by atoms with Crippen molar-refractivity contribution in [3.8, 4) is 0 Å². The van der Waals surface area contributed by atoms with Crippen LogP contribution >= 0.6 is 11.8 Å². The van der Waals surface area contributed by atoms with Crippen LogP contribution in [0.1, 0.15) is 31.2 Å². The molecule has 3 atom stereocenters. The summed E-state index contributed by atoms with van der Waals surface area (Å²) in [4.78, 5) is 2.54. The Labute approximate surface area is 130 Å². The molecule has 3 nitrogen and oxygen atoms in total. The van der Waals surface area contributed by atoms with Crippen LogP contribution in [-0.4, -0.2) is 35.0 Å². The van der Waals surface area contributed by atoms with E-state index in [1.807, 2.05) is 12.1 Å². The highest BCUT2D eigenvalue weighted by atomic mass is 32.2. The van der Waals surface area contributed by atoms with E-state index in [-0.39, 0.29) is 6.04 Å². The third-order valence-electron chi connectivity index (χ3n) is 4.26. The molecule has 0 saturated carbocycles. The van der Waals surface area contributed by atoms with E-state index in [0.717, 1.165) is 24.4 Å². The van der Waals surface area contributed by atoms with Gasteiger partial charge in [0.05, 0.1) is 6.04 Å². The first-order chi connectivity index (χ1) is 10.1. The van der Waals surface area contributed by atoms with Crippen molar-refractivity contribution in [1.29, 1.82) is 0 Å². The minimum absolute atomic E-state index is 0.249. The topological polar surface area (TPSA) is 42.4 Å². The summed E-state index contributed by atoms with van der Waals surface area (Å²) < 4.78 is 5.94. The van der Waals surface area contributed by atoms with Gasteiger partial charge in [-0.25, -0.2) is 0 Å². The van der Waals surface area contributed by atoms with Crippen molar-refractivity contribution < 1.29 is 4.42 Å². The van der Waals surface area contributed by atoms with Gasteiger partial charge in [-0.3, -0.25) is 4.90 Å². The van der Waals surface area contributed by atoms with E-state index in [9.17, 15) is 0 Å². The summed E-state index contributed by atoms with van der Waals surface area (Å²) in [6.07, 6.45) is 0. The second kappa shape index (κ2) is 6.03. The lowest BCUT2D eigenvalue weighted by Crippen LogP contribution is -2.44. The molecule has 0 spiro atoms. The van der Waals surface area contributed by atoms with Crippen LogP contribution in [-0.2, 0) is 0 Å². The lowest BCUT2D eigenvalue weighted by molar-refractivity contribution is 0.198. The Morgan fingerprint density at radius 2 is 1.95 bits per heavy atom. The van der Waals surface area contributed by atoms with Crippen molar-refractivity contribution in [3.05, 3.63) is 35.6 Å². The molecular weight excluding hydrogens is 280 g/mol. The van der Waals surface area contributed by atoms with Gasteiger partial charge < -0.3 is 10.2 Å². The molecule has 3 unspecified atom stereocenters. The van der Waals surface area contributed by atoms with Crippen LogP contribution in [0.5, 0.6) is 0 Å². The van der Waals surface area contributed by atoms with Crippen LogP contribution < -0.4 is 5.73 Å². The largest absolute Gasteiger partial charge is 0.461 e. The van der Waals surface area contributed by atoms with Crippen molar-refractivity contribution in [2.45, 2.75) is 37.3 Å². The quantitative estimate of drug-likeness (QED) is 0.941. The van der Waals surface area contributed by atoms with Crippen LogP contribution in [0.25, 0.3) is 11.0 Å². The number of para-hydroxylation sites is 1. The third kappa shape index (κ3) is 2.85. The van der Waals surface area contributed by atoms with Gasteiger partial charge in [0.2, 0.25) is 0 Å². The molecule has 1 aromatic heterocycles. The molecule has 1 aliphatic rings. The Hall–Kier alpha value is -0.970. The lowest BCUT2D eigenvalue weighted by atomic mass is 10.0. The SMILES string of the molecule is Cc1oc2ccccc2c1C(CN)N1CC(C)SC(C)C1. The standard InChI is InChI=1S/C17H24N2OS/c1-11-9-19(10-12(2)21-11)15(8-18)17-13(3)20-16-7-5-4-6-14(16)17/h4-7,11-12,15H,8-10,18H2,1-3H3. The molecule has 1 saturated heterocycles.